The van der Waals surface area contributed by atoms with E-state index in [1.54, 1.807) is 6.20 Å². The van der Waals surface area contributed by atoms with Crippen molar-refractivity contribution >= 4 is 15.9 Å². The van der Waals surface area contributed by atoms with Crippen molar-refractivity contribution in [3.63, 3.8) is 0 Å². The predicted octanol–water partition coefficient (Wildman–Crippen LogP) is 4.16. The van der Waals surface area contributed by atoms with Gasteiger partial charge in [-0.3, -0.25) is 0 Å². The van der Waals surface area contributed by atoms with E-state index in [1.807, 2.05) is 0 Å². The number of rotatable bonds is 8. The molecule has 0 atom stereocenters. The van der Waals surface area contributed by atoms with Crippen molar-refractivity contribution in [2.24, 2.45) is 5.92 Å². The number of pyridine rings is 1. The smallest absolute Gasteiger partial charge is 0.217 e. The molecule has 0 radical (unpaired) electrons. The van der Waals surface area contributed by atoms with Gasteiger partial charge >= 0.3 is 0 Å². The van der Waals surface area contributed by atoms with Crippen LogP contribution in [0.25, 0.3) is 0 Å². The Morgan fingerprint density at radius 3 is 2.68 bits per heavy atom. The highest BCUT2D eigenvalue weighted by atomic mass is 79.9. The number of nitrogens with one attached hydrogen (secondary N) is 1. The lowest BCUT2D eigenvalue weighted by atomic mass is 10.1. The van der Waals surface area contributed by atoms with Crippen LogP contribution in [-0.4, -0.2) is 17.6 Å². The molecule has 0 spiro atoms. The molecule has 0 saturated heterocycles. The van der Waals surface area contributed by atoms with Crippen LogP contribution in [0.15, 0.2) is 16.7 Å². The van der Waals surface area contributed by atoms with Crippen LogP contribution < -0.4 is 10.1 Å². The normalized spacial score (nSPS) is 11.3. The second kappa shape index (κ2) is 8.54. The van der Waals surface area contributed by atoms with E-state index in [2.05, 4.69) is 60.0 Å². The van der Waals surface area contributed by atoms with Gasteiger partial charge in [-0.25, -0.2) is 4.98 Å². The molecule has 0 aliphatic carbocycles. The molecule has 0 aliphatic heterocycles. The Kier molecular flexibility index (Phi) is 7.39. The minimum absolute atomic E-state index is 0.452. The molecule has 0 fully saturated rings. The second-order valence-corrected chi connectivity index (χ2v) is 6.45. The molecular weight excluding hydrogens is 304 g/mol. The van der Waals surface area contributed by atoms with E-state index in [0.717, 1.165) is 41.4 Å². The second-order valence-electron chi connectivity index (χ2n) is 5.54. The summed E-state index contributed by atoms with van der Waals surface area (Å²) in [5.41, 5.74) is 1.10. The Balaban J connectivity index is 2.55. The molecule has 0 saturated carbocycles. The topological polar surface area (TPSA) is 34.1 Å². The zero-order valence-corrected chi connectivity index (χ0v) is 14.0. The average molecular weight is 329 g/mol. The average Bonchev–Trinajstić information content (AvgIpc) is 2.33. The lowest BCUT2D eigenvalue weighted by Crippen LogP contribution is -2.22. The first-order valence-corrected chi connectivity index (χ1v) is 7.79. The monoisotopic (exact) mass is 328 g/mol. The lowest BCUT2D eigenvalue weighted by molar-refractivity contribution is 0.283. The van der Waals surface area contributed by atoms with Crippen molar-refractivity contribution in [3.8, 4) is 5.88 Å². The van der Waals surface area contributed by atoms with Crippen LogP contribution >= 0.6 is 15.9 Å². The maximum absolute atomic E-state index is 5.80. The van der Waals surface area contributed by atoms with Crippen LogP contribution in [0.2, 0.25) is 0 Å². The van der Waals surface area contributed by atoms with Gasteiger partial charge in [-0.1, -0.05) is 27.7 Å². The number of nitrogens with zero attached hydrogens (tertiary/aromatic N) is 1. The lowest BCUT2D eigenvalue weighted by Gasteiger charge is -2.13. The summed E-state index contributed by atoms with van der Waals surface area (Å²) >= 11 is 3.46. The van der Waals surface area contributed by atoms with Crippen molar-refractivity contribution < 1.29 is 4.74 Å². The standard InChI is InChI=1S/C15H25BrN2O/c1-11(2)6-5-7-19-15-13(9-17-12(3)4)8-14(16)10-18-15/h8,10-12,17H,5-7,9H2,1-4H3. The molecule has 0 aliphatic rings. The summed E-state index contributed by atoms with van der Waals surface area (Å²) in [7, 11) is 0. The summed E-state index contributed by atoms with van der Waals surface area (Å²) in [6.07, 6.45) is 4.05. The van der Waals surface area contributed by atoms with Crippen LogP contribution in [0.5, 0.6) is 5.88 Å². The van der Waals surface area contributed by atoms with Gasteiger partial charge in [0.25, 0.3) is 0 Å². The van der Waals surface area contributed by atoms with Gasteiger partial charge in [0.1, 0.15) is 0 Å². The number of hydrogen-bond acceptors (Lipinski definition) is 3. The van der Waals surface area contributed by atoms with E-state index in [0.29, 0.717) is 6.04 Å². The van der Waals surface area contributed by atoms with Gasteiger partial charge in [-0.05, 0) is 40.8 Å². The maximum atomic E-state index is 5.80. The van der Waals surface area contributed by atoms with Crippen molar-refractivity contribution in [2.45, 2.75) is 53.1 Å². The van der Waals surface area contributed by atoms with E-state index in [9.17, 15) is 0 Å². The van der Waals surface area contributed by atoms with Crippen LogP contribution in [0.1, 0.15) is 46.1 Å². The van der Waals surface area contributed by atoms with E-state index >= 15 is 0 Å². The molecule has 0 bridgehead atoms. The zero-order chi connectivity index (χ0) is 14.3. The molecule has 108 valence electrons. The minimum Gasteiger partial charge on any atom is -0.477 e. The van der Waals surface area contributed by atoms with Gasteiger partial charge in [0.05, 0.1) is 6.61 Å². The molecule has 0 aromatic carbocycles. The van der Waals surface area contributed by atoms with Gasteiger partial charge in [0.15, 0.2) is 0 Å². The molecule has 0 unspecified atom stereocenters. The first-order chi connectivity index (χ1) is 8.99. The summed E-state index contributed by atoms with van der Waals surface area (Å²) < 4.78 is 6.79. The fourth-order valence-electron chi connectivity index (χ4n) is 1.70. The van der Waals surface area contributed by atoms with Gasteiger partial charge < -0.3 is 10.1 Å². The summed E-state index contributed by atoms with van der Waals surface area (Å²) in [4.78, 5) is 4.36. The Labute approximate surface area is 125 Å². The highest BCUT2D eigenvalue weighted by Crippen LogP contribution is 2.20. The van der Waals surface area contributed by atoms with Gasteiger partial charge in [-0.2, -0.15) is 0 Å². The molecule has 19 heavy (non-hydrogen) atoms. The molecule has 1 aromatic heterocycles. The first-order valence-electron chi connectivity index (χ1n) is 6.99. The fraction of sp³-hybridized carbons (Fsp3) is 0.667. The van der Waals surface area contributed by atoms with Crippen LogP contribution in [0.4, 0.5) is 0 Å². The van der Waals surface area contributed by atoms with Crippen molar-refractivity contribution in [1.29, 1.82) is 0 Å². The molecule has 1 heterocycles. The molecule has 3 nitrogen and oxygen atoms in total. The molecule has 1 N–H and O–H groups in total. The molecule has 0 amide bonds. The minimum atomic E-state index is 0.452. The predicted molar refractivity (Wildman–Crippen MR) is 83.5 cm³/mol. The van der Waals surface area contributed by atoms with Gasteiger partial charge in [0.2, 0.25) is 5.88 Å². The quantitative estimate of drug-likeness (QED) is 0.727. The third-order valence-electron chi connectivity index (χ3n) is 2.76. The summed E-state index contributed by atoms with van der Waals surface area (Å²) in [5, 5.41) is 3.40. The van der Waals surface area contributed by atoms with E-state index in [1.165, 1.54) is 6.42 Å². The first kappa shape index (κ1) is 16.4. The maximum Gasteiger partial charge on any atom is 0.217 e. The van der Waals surface area contributed by atoms with Crippen molar-refractivity contribution in [2.75, 3.05) is 6.61 Å². The zero-order valence-electron chi connectivity index (χ0n) is 12.4. The Morgan fingerprint density at radius 2 is 2.05 bits per heavy atom. The Morgan fingerprint density at radius 1 is 1.32 bits per heavy atom. The van der Waals surface area contributed by atoms with Crippen molar-refractivity contribution in [3.05, 3.63) is 22.3 Å². The summed E-state index contributed by atoms with van der Waals surface area (Å²) in [6.45, 7) is 10.3. The van der Waals surface area contributed by atoms with Gasteiger partial charge in [-0.15, -0.1) is 0 Å². The third kappa shape index (κ3) is 6.92. The molecule has 1 rings (SSSR count). The highest BCUT2D eigenvalue weighted by molar-refractivity contribution is 9.10. The van der Waals surface area contributed by atoms with E-state index < -0.39 is 0 Å². The van der Waals surface area contributed by atoms with E-state index in [4.69, 9.17) is 4.74 Å². The summed E-state index contributed by atoms with van der Waals surface area (Å²) in [6, 6.07) is 2.52. The highest BCUT2D eigenvalue weighted by Gasteiger charge is 2.07. The van der Waals surface area contributed by atoms with Gasteiger partial charge in [0, 0.05) is 28.8 Å². The van der Waals surface area contributed by atoms with Crippen molar-refractivity contribution in [1.82, 2.24) is 10.3 Å². The Hall–Kier alpha value is -0.610. The Bertz CT molecular complexity index is 380. The summed E-state index contributed by atoms with van der Waals surface area (Å²) in [5.74, 6) is 1.48. The molecule has 4 heteroatoms. The molecular formula is C15H25BrN2O. The van der Waals surface area contributed by atoms with Crippen LogP contribution in [0.3, 0.4) is 0 Å². The molecule has 1 aromatic rings. The largest absolute Gasteiger partial charge is 0.477 e. The third-order valence-corrected chi connectivity index (χ3v) is 3.19. The number of ether oxygens (including phenoxy) is 1. The SMILES string of the molecule is CC(C)CCCOc1ncc(Br)cc1CNC(C)C. The van der Waals surface area contributed by atoms with Crippen LogP contribution in [-0.2, 0) is 6.54 Å². The fourth-order valence-corrected chi connectivity index (χ4v) is 2.08. The number of hydrogen-bond donors (Lipinski definition) is 1. The van der Waals surface area contributed by atoms with Crippen LogP contribution in [0, 0.1) is 5.92 Å². The number of aromatic nitrogens is 1. The van der Waals surface area contributed by atoms with E-state index in [-0.39, 0.29) is 0 Å². The number of halogens is 1.